The predicted octanol–water partition coefficient (Wildman–Crippen LogP) is 3.82. The molecule has 1 heterocycles. The molecule has 0 radical (unpaired) electrons. The lowest BCUT2D eigenvalue weighted by atomic mass is 10.1. The number of hydrogen-bond acceptors (Lipinski definition) is 6. The Balaban J connectivity index is 1.76. The van der Waals surface area contributed by atoms with Gasteiger partial charge in [0.25, 0.3) is 5.91 Å². The highest BCUT2D eigenvalue weighted by Gasteiger charge is 2.24. The molecule has 2 aromatic carbocycles. The highest BCUT2D eigenvalue weighted by atomic mass is 19.1. The van der Waals surface area contributed by atoms with Crippen molar-refractivity contribution in [1.29, 1.82) is 5.26 Å². The van der Waals surface area contributed by atoms with Gasteiger partial charge in [-0.2, -0.15) is 5.26 Å². The SMILES string of the molecule is COCc1c(C(=O)OCC(=O)N(CCC#N)c2ccc(F)cc2)oc2ccccc12. The van der Waals surface area contributed by atoms with E-state index in [1.54, 1.807) is 18.2 Å². The number of para-hydroxylation sites is 1. The monoisotopic (exact) mass is 410 g/mol. The van der Waals surface area contributed by atoms with E-state index < -0.39 is 24.3 Å². The molecule has 1 aromatic heterocycles. The molecule has 0 N–H and O–H groups in total. The molecule has 3 aromatic rings. The molecular formula is C22H19FN2O5. The smallest absolute Gasteiger partial charge is 0.375 e. The van der Waals surface area contributed by atoms with Gasteiger partial charge in [-0.15, -0.1) is 0 Å². The second-order valence-corrected chi connectivity index (χ2v) is 6.34. The third-order valence-electron chi connectivity index (χ3n) is 4.39. The van der Waals surface area contributed by atoms with Crippen molar-refractivity contribution < 1.29 is 27.9 Å². The van der Waals surface area contributed by atoms with Gasteiger partial charge in [0, 0.05) is 30.3 Å². The first-order chi connectivity index (χ1) is 14.5. The maximum absolute atomic E-state index is 13.2. The number of esters is 1. The molecule has 0 unspecified atom stereocenters. The Bertz CT molecular complexity index is 1090. The van der Waals surface area contributed by atoms with Crippen LogP contribution in [0.15, 0.2) is 52.9 Å². The van der Waals surface area contributed by atoms with Gasteiger partial charge in [0.2, 0.25) is 5.76 Å². The van der Waals surface area contributed by atoms with Crippen molar-refractivity contribution in [3.8, 4) is 6.07 Å². The number of carbonyl (C=O) groups excluding carboxylic acids is 2. The van der Waals surface area contributed by atoms with Crippen LogP contribution in [0.2, 0.25) is 0 Å². The van der Waals surface area contributed by atoms with Crippen molar-refractivity contribution in [1.82, 2.24) is 0 Å². The van der Waals surface area contributed by atoms with Crippen LogP contribution in [0, 0.1) is 17.1 Å². The Morgan fingerprint density at radius 3 is 2.60 bits per heavy atom. The summed E-state index contributed by atoms with van der Waals surface area (Å²) in [4.78, 5) is 26.5. The number of halogens is 1. The first-order valence-corrected chi connectivity index (χ1v) is 9.14. The van der Waals surface area contributed by atoms with Gasteiger partial charge in [0.05, 0.1) is 19.1 Å². The normalized spacial score (nSPS) is 10.6. The standard InChI is InChI=1S/C22H19FN2O5/c1-28-13-18-17-5-2-3-6-19(17)30-21(18)22(27)29-14-20(26)25(12-4-11-24)16-9-7-15(23)8-10-16/h2-3,5-10H,4,12-14H2,1H3. The van der Waals surface area contributed by atoms with Crippen LogP contribution in [0.3, 0.4) is 0 Å². The second-order valence-electron chi connectivity index (χ2n) is 6.34. The number of fused-ring (bicyclic) bond motifs is 1. The molecule has 0 fully saturated rings. The predicted molar refractivity (Wildman–Crippen MR) is 106 cm³/mol. The average Bonchev–Trinajstić information content (AvgIpc) is 3.12. The number of hydrogen-bond donors (Lipinski definition) is 0. The van der Waals surface area contributed by atoms with Crippen LogP contribution in [-0.2, 0) is 20.9 Å². The minimum absolute atomic E-state index is 0.0313. The Morgan fingerprint density at radius 1 is 1.17 bits per heavy atom. The molecule has 3 rings (SSSR count). The summed E-state index contributed by atoms with van der Waals surface area (Å²) in [5.41, 5.74) is 1.44. The van der Waals surface area contributed by atoms with Crippen molar-refractivity contribution in [2.45, 2.75) is 13.0 Å². The minimum Gasteiger partial charge on any atom is -0.450 e. The zero-order valence-corrected chi connectivity index (χ0v) is 16.3. The highest BCUT2D eigenvalue weighted by Crippen LogP contribution is 2.27. The number of benzene rings is 2. The van der Waals surface area contributed by atoms with E-state index in [9.17, 15) is 14.0 Å². The molecule has 8 heteroatoms. The number of anilines is 1. The molecule has 0 bridgehead atoms. The third kappa shape index (κ3) is 4.64. The van der Waals surface area contributed by atoms with E-state index in [0.29, 0.717) is 16.8 Å². The third-order valence-corrected chi connectivity index (χ3v) is 4.39. The van der Waals surface area contributed by atoms with Crippen LogP contribution in [0.5, 0.6) is 0 Å². The summed E-state index contributed by atoms with van der Waals surface area (Å²) in [6.07, 6.45) is 0.0681. The Morgan fingerprint density at radius 2 is 1.90 bits per heavy atom. The van der Waals surface area contributed by atoms with Gasteiger partial charge in [-0.05, 0) is 30.3 Å². The van der Waals surface area contributed by atoms with Crippen molar-refractivity contribution in [2.75, 3.05) is 25.2 Å². The lowest BCUT2D eigenvalue weighted by Gasteiger charge is -2.21. The van der Waals surface area contributed by atoms with Gasteiger partial charge in [-0.25, -0.2) is 9.18 Å². The molecule has 1 amide bonds. The highest BCUT2D eigenvalue weighted by molar-refractivity contribution is 5.99. The molecular weight excluding hydrogens is 391 g/mol. The number of carbonyl (C=O) groups is 2. The molecule has 0 aliphatic carbocycles. The van der Waals surface area contributed by atoms with Gasteiger partial charge in [-0.1, -0.05) is 18.2 Å². The fraction of sp³-hybridized carbons (Fsp3) is 0.227. The summed E-state index contributed by atoms with van der Waals surface area (Å²) in [5, 5.41) is 9.57. The molecule has 0 aliphatic rings. The van der Waals surface area contributed by atoms with Crippen LogP contribution in [-0.4, -0.2) is 32.1 Å². The van der Waals surface area contributed by atoms with E-state index in [1.807, 2.05) is 12.1 Å². The van der Waals surface area contributed by atoms with Crippen LogP contribution in [0.4, 0.5) is 10.1 Å². The maximum atomic E-state index is 13.2. The lowest BCUT2D eigenvalue weighted by Crippen LogP contribution is -2.35. The van der Waals surface area contributed by atoms with Crippen LogP contribution >= 0.6 is 0 Å². The molecule has 7 nitrogen and oxygen atoms in total. The second kappa shape index (κ2) is 9.67. The Labute approximate surface area is 172 Å². The maximum Gasteiger partial charge on any atom is 0.375 e. The fourth-order valence-corrected chi connectivity index (χ4v) is 3.00. The zero-order valence-electron chi connectivity index (χ0n) is 16.3. The van der Waals surface area contributed by atoms with Crippen molar-refractivity contribution >= 4 is 28.5 Å². The largest absolute Gasteiger partial charge is 0.450 e. The minimum atomic E-state index is -0.800. The molecule has 0 saturated heterocycles. The Hall–Kier alpha value is -3.70. The number of nitriles is 1. The van der Waals surface area contributed by atoms with E-state index in [4.69, 9.17) is 19.2 Å². The van der Waals surface area contributed by atoms with Gasteiger partial charge >= 0.3 is 5.97 Å². The van der Waals surface area contributed by atoms with Crippen molar-refractivity contribution in [3.63, 3.8) is 0 Å². The van der Waals surface area contributed by atoms with Crippen LogP contribution < -0.4 is 4.90 Å². The molecule has 0 saturated carbocycles. The summed E-state index contributed by atoms with van der Waals surface area (Å²) >= 11 is 0. The van der Waals surface area contributed by atoms with E-state index in [0.717, 1.165) is 5.39 Å². The number of nitrogens with zero attached hydrogens (tertiary/aromatic N) is 2. The summed E-state index contributed by atoms with van der Waals surface area (Å²) in [5.74, 6) is -1.83. The van der Waals surface area contributed by atoms with E-state index in [-0.39, 0.29) is 25.3 Å². The summed E-state index contributed by atoms with van der Waals surface area (Å²) in [6.45, 7) is -0.345. The number of ether oxygens (including phenoxy) is 2. The molecule has 30 heavy (non-hydrogen) atoms. The molecule has 0 spiro atoms. The van der Waals surface area contributed by atoms with Crippen molar-refractivity contribution in [3.05, 3.63) is 65.7 Å². The van der Waals surface area contributed by atoms with Crippen molar-refractivity contribution in [2.24, 2.45) is 0 Å². The lowest BCUT2D eigenvalue weighted by molar-refractivity contribution is -0.121. The van der Waals surface area contributed by atoms with Crippen LogP contribution in [0.1, 0.15) is 22.5 Å². The zero-order chi connectivity index (χ0) is 21.5. The first-order valence-electron chi connectivity index (χ1n) is 9.14. The summed E-state index contributed by atoms with van der Waals surface area (Å²) in [7, 11) is 1.50. The van der Waals surface area contributed by atoms with Gasteiger partial charge in [0.15, 0.2) is 6.61 Å². The number of amides is 1. The fourth-order valence-electron chi connectivity index (χ4n) is 3.00. The Kier molecular flexibility index (Phi) is 6.78. The van der Waals surface area contributed by atoms with E-state index in [1.165, 1.54) is 36.3 Å². The van der Waals surface area contributed by atoms with Gasteiger partial charge < -0.3 is 18.8 Å². The van der Waals surface area contributed by atoms with E-state index >= 15 is 0 Å². The quantitative estimate of drug-likeness (QED) is 0.524. The summed E-state index contributed by atoms with van der Waals surface area (Å²) < 4.78 is 29.1. The topological polar surface area (TPSA) is 92.8 Å². The first kappa shape index (κ1) is 21.0. The van der Waals surface area contributed by atoms with Gasteiger partial charge in [0.1, 0.15) is 11.4 Å². The number of rotatable bonds is 8. The summed E-state index contributed by atoms with van der Waals surface area (Å²) in [6, 6.07) is 14.3. The average molecular weight is 410 g/mol. The van der Waals surface area contributed by atoms with E-state index in [2.05, 4.69) is 0 Å². The number of furan rings is 1. The molecule has 154 valence electrons. The van der Waals surface area contributed by atoms with Crippen LogP contribution in [0.25, 0.3) is 11.0 Å². The van der Waals surface area contributed by atoms with Gasteiger partial charge in [-0.3, -0.25) is 4.79 Å². The number of methoxy groups -OCH3 is 1. The molecule has 0 atom stereocenters. The molecule has 0 aliphatic heterocycles.